The molecule has 0 aliphatic carbocycles. The normalized spacial score (nSPS) is 18.3. The van der Waals surface area contributed by atoms with Gasteiger partial charge in [-0.05, 0) is 24.0 Å². The van der Waals surface area contributed by atoms with Crippen molar-refractivity contribution in [2.75, 3.05) is 6.54 Å². The lowest BCUT2D eigenvalue weighted by Crippen LogP contribution is -2.24. The van der Waals surface area contributed by atoms with Crippen LogP contribution in [0, 0.1) is 16.0 Å². The van der Waals surface area contributed by atoms with Crippen molar-refractivity contribution in [1.82, 2.24) is 9.88 Å². The van der Waals surface area contributed by atoms with E-state index in [1.165, 1.54) is 12.1 Å². The number of hydrogen-bond acceptors (Lipinski definition) is 3. The summed E-state index contributed by atoms with van der Waals surface area (Å²) in [6, 6.07) is 4.79. The number of hydrogen-bond donors (Lipinski definition) is 1. The van der Waals surface area contributed by atoms with Crippen molar-refractivity contribution >= 4 is 22.5 Å². The second-order valence-electron chi connectivity index (χ2n) is 5.93. The Labute approximate surface area is 128 Å². The predicted octanol–water partition coefficient (Wildman–Crippen LogP) is 3.22. The molecule has 1 aliphatic rings. The number of aromatic amines is 1. The average Bonchev–Trinajstić information content (AvgIpc) is 3.04. The predicted molar refractivity (Wildman–Crippen MR) is 83.4 cm³/mol. The molecule has 22 heavy (non-hydrogen) atoms. The highest BCUT2D eigenvalue weighted by Crippen LogP contribution is 2.28. The molecule has 0 radical (unpaired) electrons. The first kappa shape index (κ1) is 14.6. The van der Waals surface area contributed by atoms with Crippen molar-refractivity contribution in [3.8, 4) is 0 Å². The maximum atomic E-state index is 12.1. The minimum absolute atomic E-state index is 0.0705. The molecule has 1 amide bonds. The number of non-ortho nitro benzene ring substituents is 1. The van der Waals surface area contributed by atoms with Crippen LogP contribution in [-0.4, -0.2) is 27.3 Å². The van der Waals surface area contributed by atoms with Crippen LogP contribution in [0.3, 0.4) is 0 Å². The number of aromatic nitrogens is 1. The lowest BCUT2D eigenvalue weighted by Gasteiger charge is -2.16. The molecule has 1 saturated heterocycles. The third-order valence-corrected chi connectivity index (χ3v) is 4.31. The number of rotatable bonds is 5. The molecule has 1 unspecified atom stereocenters. The van der Waals surface area contributed by atoms with Gasteiger partial charge in [-0.15, -0.1) is 0 Å². The van der Waals surface area contributed by atoms with E-state index < -0.39 is 4.92 Å². The molecule has 116 valence electrons. The van der Waals surface area contributed by atoms with Crippen LogP contribution in [0.4, 0.5) is 5.69 Å². The van der Waals surface area contributed by atoms with E-state index in [2.05, 4.69) is 11.9 Å². The van der Waals surface area contributed by atoms with Gasteiger partial charge in [0.05, 0.1) is 10.4 Å². The van der Waals surface area contributed by atoms with Gasteiger partial charge in [0, 0.05) is 43.2 Å². The van der Waals surface area contributed by atoms with Crippen molar-refractivity contribution in [1.29, 1.82) is 0 Å². The highest BCUT2D eigenvalue weighted by atomic mass is 16.6. The monoisotopic (exact) mass is 301 g/mol. The number of fused-ring (bicyclic) bond motifs is 1. The summed E-state index contributed by atoms with van der Waals surface area (Å²) in [6.07, 6.45) is 4.67. The summed E-state index contributed by atoms with van der Waals surface area (Å²) in [6.45, 7) is 3.52. The Bertz CT molecular complexity index is 722. The third kappa shape index (κ3) is 2.68. The number of nitrogens with zero attached hydrogens (tertiary/aromatic N) is 2. The largest absolute Gasteiger partial charge is 0.361 e. The SMILES string of the molecule is CCCC1CC(=O)N(Cc2c[nH]c3cc([N+](=O)[O-])ccc23)C1. The number of nitrogens with one attached hydrogen (secondary N) is 1. The Hall–Kier alpha value is -2.37. The fourth-order valence-electron chi connectivity index (χ4n) is 3.23. The molecule has 6 heteroatoms. The van der Waals surface area contributed by atoms with Crippen LogP contribution >= 0.6 is 0 Å². The Morgan fingerprint density at radius 1 is 1.45 bits per heavy atom. The maximum Gasteiger partial charge on any atom is 0.271 e. The van der Waals surface area contributed by atoms with E-state index in [1.54, 1.807) is 6.07 Å². The lowest BCUT2D eigenvalue weighted by atomic mass is 10.0. The zero-order valence-corrected chi connectivity index (χ0v) is 12.5. The number of likely N-dealkylation sites (tertiary alicyclic amines) is 1. The summed E-state index contributed by atoms with van der Waals surface area (Å²) in [5, 5.41) is 11.8. The van der Waals surface area contributed by atoms with Crippen molar-refractivity contribution in [2.45, 2.75) is 32.7 Å². The summed E-state index contributed by atoms with van der Waals surface area (Å²) < 4.78 is 0. The lowest BCUT2D eigenvalue weighted by molar-refractivity contribution is -0.384. The molecule has 1 aromatic heterocycles. The van der Waals surface area contributed by atoms with E-state index in [-0.39, 0.29) is 11.6 Å². The van der Waals surface area contributed by atoms with Crippen LogP contribution in [0.1, 0.15) is 31.7 Å². The highest BCUT2D eigenvalue weighted by Gasteiger charge is 2.29. The van der Waals surface area contributed by atoms with Gasteiger partial charge in [-0.2, -0.15) is 0 Å². The molecule has 0 spiro atoms. The fraction of sp³-hybridized carbons (Fsp3) is 0.438. The van der Waals surface area contributed by atoms with Gasteiger partial charge < -0.3 is 9.88 Å². The summed E-state index contributed by atoms with van der Waals surface area (Å²) in [4.78, 5) is 27.5. The van der Waals surface area contributed by atoms with Gasteiger partial charge in [-0.1, -0.05) is 13.3 Å². The van der Waals surface area contributed by atoms with Crippen LogP contribution < -0.4 is 0 Å². The van der Waals surface area contributed by atoms with E-state index >= 15 is 0 Å². The Balaban J connectivity index is 1.80. The van der Waals surface area contributed by atoms with E-state index in [1.807, 2.05) is 11.1 Å². The quantitative estimate of drug-likeness (QED) is 0.680. The van der Waals surface area contributed by atoms with Crippen LogP contribution in [0.25, 0.3) is 10.9 Å². The van der Waals surface area contributed by atoms with E-state index in [0.717, 1.165) is 35.9 Å². The van der Waals surface area contributed by atoms with Gasteiger partial charge in [0.25, 0.3) is 5.69 Å². The third-order valence-electron chi connectivity index (χ3n) is 4.31. The highest BCUT2D eigenvalue weighted by molar-refractivity contribution is 5.86. The number of carbonyl (C=O) groups excluding carboxylic acids is 1. The van der Waals surface area contributed by atoms with E-state index in [0.29, 0.717) is 18.9 Å². The summed E-state index contributed by atoms with van der Waals surface area (Å²) in [5.41, 5.74) is 1.82. The van der Waals surface area contributed by atoms with Gasteiger partial charge in [0.1, 0.15) is 0 Å². The first-order valence-electron chi connectivity index (χ1n) is 7.60. The van der Waals surface area contributed by atoms with Crippen molar-refractivity contribution < 1.29 is 9.72 Å². The number of nitro groups is 1. The molecule has 1 atom stereocenters. The van der Waals surface area contributed by atoms with Gasteiger partial charge in [0.15, 0.2) is 0 Å². The Kier molecular flexibility index (Phi) is 3.83. The fourth-order valence-corrected chi connectivity index (χ4v) is 3.23. The minimum Gasteiger partial charge on any atom is -0.361 e. The first-order valence-corrected chi connectivity index (χ1v) is 7.60. The molecule has 1 aromatic carbocycles. The standard InChI is InChI=1S/C16H19N3O3/c1-2-3-11-6-16(20)18(9-11)10-12-8-17-15-7-13(19(21)22)4-5-14(12)15/h4-5,7-8,11,17H,2-3,6,9-10H2,1H3. The Morgan fingerprint density at radius 3 is 3.00 bits per heavy atom. The van der Waals surface area contributed by atoms with Gasteiger partial charge in [-0.25, -0.2) is 0 Å². The van der Waals surface area contributed by atoms with Crippen molar-refractivity contribution in [3.63, 3.8) is 0 Å². The Morgan fingerprint density at radius 2 is 2.27 bits per heavy atom. The molecule has 2 heterocycles. The topological polar surface area (TPSA) is 79.2 Å². The number of amides is 1. The summed E-state index contributed by atoms with van der Waals surface area (Å²) in [5.74, 6) is 0.665. The first-order chi connectivity index (χ1) is 10.6. The number of benzene rings is 1. The van der Waals surface area contributed by atoms with E-state index in [9.17, 15) is 14.9 Å². The maximum absolute atomic E-state index is 12.1. The molecule has 6 nitrogen and oxygen atoms in total. The molecule has 1 aliphatic heterocycles. The number of carbonyl (C=O) groups is 1. The van der Waals surface area contributed by atoms with Crippen molar-refractivity contribution in [3.05, 3.63) is 40.1 Å². The van der Waals surface area contributed by atoms with Crippen LogP contribution in [0.15, 0.2) is 24.4 Å². The van der Waals surface area contributed by atoms with Crippen molar-refractivity contribution in [2.24, 2.45) is 5.92 Å². The zero-order valence-electron chi connectivity index (χ0n) is 12.5. The molecule has 2 aromatic rings. The molecule has 3 rings (SSSR count). The van der Waals surface area contributed by atoms with Gasteiger partial charge >= 0.3 is 0 Å². The van der Waals surface area contributed by atoms with Gasteiger partial charge in [-0.3, -0.25) is 14.9 Å². The van der Waals surface area contributed by atoms with Crippen LogP contribution in [0.2, 0.25) is 0 Å². The molecule has 1 fully saturated rings. The summed E-state index contributed by atoms with van der Waals surface area (Å²) >= 11 is 0. The number of nitro benzene ring substituents is 1. The van der Waals surface area contributed by atoms with Crippen LogP contribution in [-0.2, 0) is 11.3 Å². The zero-order chi connectivity index (χ0) is 15.7. The molecule has 0 bridgehead atoms. The second kappa shape index (κ2) is 5.79. The molecular formula is C16H19N3O3. The second-order valence-corrected chi connectivity index (χ2v) is 5.93. The summed E-state index contributed by atoms with van der Waals surface area (Å²) in [7, 11) is 0. The molecule has 1 N–H and O–H groups in total. The van der Waals surface area contributed by atoms with Crippen LogP contribution in [0.5, 0.6) is 0 Å². The van der Waals surface area contributed by atoms with Gasteiger partial charge in [0.2, 0.25) is 5.91 Å². The number of H-pyrrole nitrogens is 1. The minimum atomic E-state index is -0.403. The molecular weight excluding hydrogens is 282 g/mol. The smallest absolute Gasteiger partial charge is 0.271 e. The average molecular weight is 301 g/mol. The van der Waals surface area contributed by atoms with E-state index in [4.69, 9.17) is 0 Å². The molecule has 0 saturated carbocycles.